The second kappa shape index (κ2) is 6.48. The molecule has 0 fully saturated rings. The van der Waals surface area contributed by atoms with Crippen LogP contribution >= 0.6 is 0 Å². The van der Waals surface area contributed by atoms with Crippen LogP contribution < -0.4 is 0 Å². The number of fused-ring (bicyclic) bond motifs is 10. The van der Waals surface area contributed by atoms with Crippen molar-refractivity contribution < 1.29 is 0 Å². The maximum atomic E-state index is 2.50. The summed E-state index contributed by atoms with van der Waals surface area (Å²) in [5.41, 5.74) is 13.9. The lowest BCUT2D eigenvalue weighted by atomic mass is 9.69. The predicted molar refractivity (Wildman–Crippen MR) is 140 cm³/mol. The predicted octanol–water partition coefficient (Wildman–Crippen LogP) is 8.63. The smallest absolute Gasteiger partial charge is 0.0619 e. The monoisotopic (exact) mass is 428 g/mol. The molecule has 0 nitrogen and oxygen atoms in total. The number of benzene rings is 4. The minimum atomic E-state index is -0.264. The van der Waals surface area contributed by atoms with Crippen molar-refractivity contribution in [1.29, 1.82) is 0 Å². The van der Waals surface area contributed by atoms with Crippen LogP contribution in [0.15, 0.2) is 84.9 Å². The summed E-state index contributed by atoms with van der Waals surface area (Å²) in [5.74, 6) is 0. The Labute approximate surface area is 198 Å². The van der Waals surface area contributed by atoms with Crippen molar-refractivity contribution in [3.05, 3.63) is 118 Å². The molecule has 0 saturated heterocycles. The molecule has 0 atom stereocenters. The average molecular weight is 429 g/mol. The second-order valence-electron chi connectivity index (χ2n) is 11.9. The summed E-state index contributed by atoms with van der Waals surface area (Å²) in [7, 11) is 0. The van der Waals surface area contributed by atoms with Crippen LogP contribution in [0.4, 0.5) is 0 Å². The molecule has 2 aliphatic carbocycles. The van der Waals surface area contributed by atoms with E-state index in [9.17, 15) is 0 Å². The lowest BCUT2D eigenvalue weighted by molar-refractivity contribution is 0.586. The first-order chi connectivity index (χ1) is 15.6. The van der Waals surface area contributed by atoms with Crippen LogP contribution in [0.25, 0.3) is 22.3 Å². The number of hydrogen-bond donors (Lipinski definition) is 0. The van der Waals surface area contributed by atoms with Gasteiger partial charge in [-0.3, -0.25) is 0 Å². The van der Waals surface area contributed by atoms with Crippen molar-refractivity contribution >= 4 is 0 Å². The first-order valence-electron chi connectivity index (χ1n) is 12.1. The summed E-state index contributed by atoms with van der Waals surface area (Å²) >= 11 is 0. The van der Waals surface area contributed by atoms with Crippen LogP contribution in [0.5, 0.6) is 0 Å². The molecule has 0 bridgehead atoms. The second-order valence-corrected chi connectivity index (χ2v) is 11.9. The van der Waals surface area contributed by atoms with E-state index in [4.69, 9.17) is 0 Å². The van der Waals surface area contributed by atoms with Gasteiger partial charge in [0.25, 0.3) is 0 Å². The Balaban J connectivity index is 1.80. The highest BCUT2D eigenvalue weighted by Gasteiger charge is 2.52. The van der Waals surface area contributed by atoms with Crippen LogP contribution in [-0.4, -0.2) is 0 Å². The molecule has 33 heavy (non-hydrogen) atoms. The van der Waals surface area contributed by atoms with Gasteiger partial charge in [-0.25, -0.2) is 0 Å². The highest BCUT2D eigenvalue weighted by atomic mass is 14.5. The van der Waals surface area contributed by atoms with Gasteiger partial charge in [-0.2, -0.15) is 0 Å². The summed E-state index contributed by atoms with van der Waals surface area (Å²) in [6, 6.07) is 32.6. The third-order valence-electron chi connectivity index (χ3n) is 7.82. The molecule has 0 heterocycles. The summed E-state index contributed by atoms with van der Waals surface area (Å²) in [5, 5.41) is 0. The van der Waals surface area contributed by atoms with E-state index in [1.165, 1.54) is 55.6 Å². The van der Waals surface area contributed by atoms with E-state index in [-0.39, 0.29) is 16.2 Å². The van der Waals surface area contributed by atoms with E-state index in [0.29, 0.717) is 0 Å². The number of hydrogen-bond acceptors (Lipinski definition) is 0. The summed E-state index contributed by atoms with van der Waals surface area (Å²) < 4.78 is 0. The highest BCUT2D eigenvalue weighted by molar-refractivity contribution is 5.95. The van der Waals surface area contributed by atoms with Crippen molar-refractivity contribution in [2.45, 2.75) is 57.8 Å². The van der Waals surface area contributed by atoms with Crippen LogP contribution in [0.2, 0.25) is 0 Å². The zero-order valence-electron chi connectivity index (χ0n) is 20.6. The largest absolute Gasteiger partial charge is 0.0725 e. The normalized spacial score (nSPS) is 15.2. The molecule has 6 rings (SSSR count). The molecule has 4 aromatic carbocycles. The van der Waals surface area contributed by atoms with Crippen LogP contribution in [0, 0.1) is 0 Å². The fraction of sp³-hybridized carbons (Fsp3) is 0.273. The maximum absolute atomic E-state index is 2.50. The summed E-state index contributed by atoms with van der Waals surface area (Å²) in [4.78, 5) is 0. The Hall–Kier alpha value is -3.12. The minimum absolute atomic E-state index is 0.0964. The van der Waals surface area contributed by atoms with E-state index in [2.05, 4.69) is 126 Å². The number of rotatable bonds is 0. The van der Waals surface area contributed by atoms with Gasteiger partial charge in [-0.1, -0.05) is 126 Å². The lowest BCUT2D eigenvalue weighted by Crippen LogP contribution is -2.27. The van der Waals surface area contributed by atoms with Crippen LogP contribution in [-0.2, 0) is 16.2 Å². The van der Waals surface area contributed by atoms with Crippen molar-refractivity contribution in [2.75, 3.05) is 0 Å². The van der Waals surface area contributed by atoms with Gasteiger partial charge in [0, 0.05) is 0 Å². The molecule has 0 heteroatoms. The van der Waals surface area contributed by atoms with Gasteiger partial charge in [-0.15, -0.1) is 0 Å². The Morgan fingerprint density at radius 2 is 0.788 bits per heavy atom. The molecule has 0 aromatic heterocycles. The fourth-order valence-electron chi connectivity index (χ4n) is 6.07. The summed E-state index contributed by atoms with van der Waals surface area (Å²) in [6.07, 6.45) is 0. The molecule has 2 aliphatic rings. The summed E-state index contributed by atoms with van der Waals surface area (Å²) in [6.45, 7) is 13.9. The Morgan fingerprint density at radius 1 is 0.424 bits per heavy atom. The van der Waals surface area contributed by atoms with Gasteiger partial charge in [0.05, 0.1) is 5.41 Å². The standard InChI is InChI=1S/C33H32/c1-31(2,3)21-15-17-25-26-18-16-22(32(4,5)6)20-30(26)33(29(25)19-21)27-13-9-7-11-23(27)24-12-8-10-14-28(24)33/h7-20H,1-6H3. The molecule has 0 radical (unpaired) electrons. The van der Waals surface area contributed by atoms with Gasteiger partial charge in [-0.05, 0) is 66.5 Å². The van der Waals surface area contributed by atoms with Crippen molar-refractivity contribution in [3.63, 3.8) is 0 Å². The fourth-order valence-corrected chi connectivity index (χ4v) is 6.07. The molecule has 0 aliphatic heterocycles. The van der Waals surface area contributed by atoms with E-state index in [0.717, 1.165) is 0 Å². The van der Waals surface area contributed by atoms with E-state index < -0.39 is 0 Å². The van der Waals surface area contributed by atoms with Gasteiger partial charge in [0.1, 0.15) is 0 Å². The van der Waals surface area contributed by atoms with Gasteiger partial charge < -0.3 is 0 Å². The van der Waals surface area contributed by atoms with Crippen LogP contribution in [0.3, 0.4) is 0 Å². The molecule has 0 unspecified atom stereocenters. The van der Waals surface area contributed by atoms with Gasteiger partial charge in [0.15, 0.2) is 0 Å². The van der Waals surface area contributed by atoms with E-state index >= 15 is 0 Å². The Morgan fingerprint density at radius 3 is 1.18 bits per heavy atom. The Bertz CT molecular complexity index is 1310. The highest BCUT2D eigenvalue weighted by Crippen LogP contribution is 2.63. The zero-order valence-corrected chi connectivity index (χ0v) is 20.6. The average Bonchev–Trinajstić information content (AvgIpc) is 3.24. The zero-order chi connectivity index (χ0) is 23.2. The first kappa shape index (κ1) is 20.5. The Kier molecular flexibility index (Phi) is 4.02. The molecule has 4 aromatic rings. The molecular formula is C33H32. The molecule has 0 N–H and O–H groups in total. The molecule has 0 saturated carbocycles. The third-order valence-corrected chi connectivity index (χ3v) is 7.82. The van der Waals surface area contributed by atoms with E-state index in [1.807, 2.05) is 0 Å². The molecule has 164 valence electrons. The first-order valence-corrected chi connectivity index (χ1v) is 12.1. The van der Waals surface area contributed by atoms with Crippen molar-refractivity contribution in [3.8, 4) is 22.3 Å². The molecule has 0 amide bonds. The van der Waals surface area contributed by atoms with Gasteiger partial charge in [0.2, 0.25) is 0 Å². The van der Waals surface area contributed by atoms with E-state index in [1.54, 1.807) is 0 Å². The minimum Gasteiger partial charge on any atom is -0.0619 e. The SMILES string of the molecule is CC(C)(C)c1ccc2c(c1)C1(c3ccccc3-c3ccccc31)c1cc(C(C)(C)C)ccc1-2. The lowest BCUT2D eigenvalue weighted by Gasteiger charge is -2.32. The molecule has 1 spiro atoms. The van der Waals surface area contributed by atoms with Crippen molar-refractivity contribution in [2.24, 2.45) is 0 Å². The van der Waals surface area contributed by atoms with Crippen molar-refractivity contribution in [1.82, 2.24) is 0 Å². The third kappa shape index (κ3) is 2.64. The maximum Gasteiger partial charge on any atom is 0.0725 e. The molecular weight excluding hydrogens is 396 g/mol. The quantitative estimate of drug-likeness (QED) is 0.227. The topological polar surface area (TPSA) is 0 Å². The van der Waals surface area contributed by atoms with Crippen LogP contribution in [0.1, 0.15) is 74.9 Å². The van der Waals surface area contributed by atoms with Gasteiger partial charge >= 0.3 is 0 Å².